The molecule has 6 rings (SSSR count). The van der Waals surface area contributed by atoms with Crippen LogP contribution >= 0.6 is 0 Å². The first-order valence-corrected chi connectivity index (χ1v) is 12.9. The van der Waals surface area contributed by atoms with Crippen LogP contribution in [0.3, 0.4) is 0 Å². The molecule has 180 valence electrons. The van der Waals surface area contributed by atoms with Gasteiger partial charge in [-0.25, -0.2) is 0 Å². The molecular weight excluding hydrogens is 426 g/mol. The molecule has 2 aliphatic carbocycles. The van der Waals surface area contributed by atoms with E-state index >= 15 is 0 Å². The van der Waals surface area contributed by atoms with Crippen LogP contribution in [-0.4, -0.2) is 56.6 Å². The molecular formula is C27H35N5O2. The number of likely N-dealkylation sites (tertiary alicyclic amines) is 1. The van der Waals surface area contributed by atoms with Gasteiger partial charge >= 0.3 is 0 Å². The lowest BCUT2D eigenvalue weighted by atomic mass is 9.69. The number of amides is 1. The lowest BCUT2D eigenvalue weighted by Gasteiger charge is -2.45. The molecule has 2 aromatic rings. The van der Waals surface area contributed by atoms with Crippen LogP contribution in [0.1, 0.15) is 70.8 Å². The molecule has 0 spiro atoms. The lowest BCUT2D eigenvalue weighted by Crippen LogP contribution is -2.53. The monoisotopic (exact) mass is 461 g/mol. The summed E-state index contributed by atoms with van der Waals surface area (Å²) < 4.78 is 2.08. The summed E-state index contributed by atoms with van der Waals surface area (Å²) >= 11 is 0. The Labute approximate surface area is 201 Å². The Hall–Kier alpha value is -2.67. The number of benzene rings is 1. The fourth-order valence-electron chi connectivity index (χ4n) is 5.80. The van der Waals surface area contributed by atoms with Crippen molar-refractivity contribution in [1.29, 1.82) is 0 Å². The minimum Gasteiger partial charge on any atom is -0.390 e. The van der Waals surface area contributed by atoms with Crippen LogP contribution in [0.2, 0.25) is 0 Å². The number of aliphatic hydroxyl groups is 1. The maximum absolute atomic E-state index is 12.9. The SMILES string of the molecule is CC1(C(=O)N2CCC(O)(CC3CC=NN3c3ccc(-c4cnn(C5CC5)c4)cc3)CC2)CCC1. The number of hydrogen-bond donors (Lipinski definition) is 1. The molecule has 7 heteroatoms. The Bertz CT molecular complexity index is 1070. The van der Waals surface area contributed by atoms with Gasteiger partial charge in [0.1, 0.15) is 0 Å². The lowest BCUT2D eigenvalue weighted by molar-refractivity contribution is -0.150. The number of hydrazone groups is 1. The van der Waals surface area contributed by atoms with Gasteiger partial charge in [0.25, 0.3) is 0 Å². The molecule has 34 heavy (non-hydrogen) atoms. The molecule has 2 aliphatic heterocycles. The third kappa shape index (κ3) is 4.04. The molecule has 0 radical (unpaired) electrons. The average Bonchev–Trinajstić information content (AvgIpc) is 3.38. The smallest absolute Gasteiger partial charge is 0.228 e. The zero-order chi connectivity index (χ0) is 23.3. The van der Waals surface area contributed by atoms with Crippen LogP contribution in [-0.2, 0) is 4.79 Å². The molecule has 1 saturated heterocycles. The Morgan fingerprint density at radius 2 is 1.82 bits per heavy atom. The van der Waals surface area contributed by atoms with Crippen LogP contribution in [0.4, 0.5) is 5.69 Å². The molecule has 1 amide bonds. The molecule has 4 aliphatic rings. The number of piperidine rings is 1. The fourth-order valence-corrected chi connectivity index (χ4v) is 5.80. The highest BCUT2D eigenvalue weighted by Gasteiger charge is 2.45. The van der Waals surface area contributed by atoms with Crippen molar-refractivity contribution in [2.45, 2.75) is 82.4 Å². The van der Waals surface area contributed by atoms with Gasteiger partial charge in [0.05, 0.1) is 29.6 Å². The third-order valence-corrected chi connectivity index (χ3v) is 8.49. The van der Waals surface area contributed by atoms with E-state index in [0.717, 1.165) is 42.5 Å². The summed E-state index contributed by atoms with van der Waals surface area (Å²) in [5.41, 5.74) is 2.45. The summed E-state index contributed by atoms with van der Waals surface area (Å²) in [4.78, 5) is 14.9. The molecule has 1 unspecified atom stereocenters. The first-order valence-electron chi connectivity index (χ1n) is 12.9. The second-order valence-corrected chi connectivity index (χ2v) is 11.2. The Morgan fingerprint density at radius 3 is 2.47 bits per heavy atom. The number of rotatable bonds is 6. The summed E-state index contributed by atoms with van der Waals surface area (Å²) in [6, 6.07) is 9.22. The second kappa shape index (κ2) is 8.22. The van der Waals surface area contributed by atoms with E-state index in [0.29, 0.717) is 38.4 Å². The number of nitrogens with zero attached hydrogens (tertiary/aromatic N) is 5. The van der Waals surface area contributed by atoms with E-state index in [4.69, 9.17) is 0 Å². The zero-order valence-corrected chi connectivity index (χ0v) is 20.1. The number of carbonyl (C=O) groups excluding carboxylic acids is 1. The van der Waals surface area contributed by atoms with Crippen LogP contribution < -0.4 is 5.01 Å². The van der Waals surface area contributed by atoms with E-state index < -0.39 is 5.60 Å². The molecule has 2 saturated carbocycles. The molecule has 1 aromatic heterocycles. The second-order valence-electron chi connectivity index (χ2n) is 11.2. The minimum atomic E-state index is -0.745. The molecule has 1 aromatic carbocycles. The Morgan fingerprint density at radius 1 is 1.09 bits per heavy atom. The van der Waals surface area contributed by atoms with E-state index in [1.54, 1.807) is 0 Å². The summed E-state index contributed by atoms with van der Waals surface area (Å²) in [6.45, 7) is 3.40. The van der Waals surface area contributed by atoms with Crippen molar-refractivity contribution in [3.05, 3.63) is 36.7 Å². The molecule has 1 atom stereocenters. The predicted octanol–water partition coefficient (Wildman–Crippen LogP) is 4.38. The highest BCUT2D eigenvalue weighted by Crippen LogP contribution is 2.43. The highest BCUT2D eigenvalue weighted by atomic mass is 16.3. The van der Waals surface area contributed by atoms with Gasteiger partial charge in [0.2, 0.25) is 5.91 Å². The summed E-state index contributed by atoms with van der Waals surface area (Å²) in [7, 11) is 0. The third-order valence-electron chi connectivity index (χ3n) is 8.49. The minimum absolute atomic E-state index is 0.139. The van der Waals surface area contributed by atoms with E-state index in [2.05, 4.69) is 57.3 Å². The number of hydrogen-bond acceptors (Lipinski definition) is 5. The highest BCUT2D eigenvalue weighted by molar-refractivity contribution is 5.83. The van der Waals surface area contributed by atoms with E-state index in [1.165, 1.54) is 12.8 Å². The molecule has 7 nitrogen and oxygen atoms in total. The summed E-state index contributed by atoms with van der Waals surface area (Å²) in [5, 5.41) is 22.6. The first-order chi connectivity index (χ1) is 16.4. The van der Waals surface area contributed by atoms with Crippen molar-refractivity contribution in [3.63, 3.8) is 0 Å². The number of aromatic nitrogens is 2. The van der Waals surface area contributed by atoms with Gasteiger partial charge in [0, 0.05) is 42.9 Å². The van der Waals surface area contributed by atoms with Gasteiger partial charge in [-0.3, -0.25) is 14.5 Å². The van der Waals surface area contributed by atoms with Crippen LogP contribution in [0.15, 0.2) is 41.8 Å². The van der Waals surface area contributed by atoms with Gasteiger partial charge < -0.3 is 10.0 Å². The largest absolute Gasteiger partial charge is 0.390 e. The average molecular weight is 462 g/mol. The van der Waals surface area contributed by atoms with E-state index in [-0.39, 0.29) is 17.4 Å². The van der Waals surface area contributed by atoms with Gasteiger partial charge in [0.15, 0.2) is 0 Å². The van der Waals surface area contributed by atoms with Crippen molar-refractivity contribution in [2.24, 2.45) is 10.5 Å². The molecule has 0 bridgehead atoms. The maximum atomic E-state index is 12.9. The van der Waals surface area contributed by atoms with Crippen molar-refractivity contribution >= 4 is 17.8 Å². The van der Waals surface area contributed by atoms with Gasteiger partial charge in [-0.05, 0) is 62.6 Å². The van der Waals surface area contributed by atoms with Gasteiger partial charge in [-0.1, -0.05) is 25.5 Å². The Kier molecular flexibility index (Phi) is 5.28. The van der Waals surface area contributed by atoms with Gasteiger partial charge in [-0.15, -0.1) is 0 Å². The standard InChI is InChI=1S/C27H35N5O2/c1-26(10-2-11-26)25(33)30-15-12-27(34,13-16-30)17-24-9-14-28-32(24)23-5-3-20(4-6-23)21-18-29-31(19-21)22-7-8-22/h3-6,14,18-19,22,24,34H,2,7-13,15-17H2,1H3. The fraction of sp³-hybridized carbons (Fsp3) is 0.593. The molecule has 1 N–H and O–H groups in total. The van der Waals surface area contributed by atoms with Crippen LogP contribution in [0.25, 0.3) is 11.1 Å². The predicted molar refractivity (Wildman–Crippen MR) is 133 cm³/mol. The zero-order valence-electron chi connectivity index (χ0n) is 20.1. The van der Waals surface area contributed by atoms with Crippen molar-refractivity contribution < 1.29 is 9.90 Å². The van der Waals surface area contributed by atoms with Crippen LogP contribution in [0.5, 0.6) is 0 Å². The Balaban J connectivity index is 1.08. The van der Waals surface area contributed by atoms with Crippen molar-refractivity contribution in [2.75, 3.05) is 18.1 Å². The number of carbonyl (C=O) groups is 1. The maximum Gasteiger partial charge on any atom is 0.228 e. The van der Waals surface area contributed by atoms with E-state index in [9.17, 15) is 9.90 Å². The number of anilines is 1. The summed E-state index contributed by atoms with van der Waals surface area (Å²) in [6.07, 6.45) is 14.4. The van der Waals surface area contributed by atoms with Crippen molar-refractivity contribution in [1.82, 2.24) is 14.7 Å². The molecule has 3 heterocycles. The summed E-state index contributed by atoms with van der Waals surface area (Å²) in [5.74, 6) is 0.286. The molecule has 3 fully saturated rings. The van der Waals surface area contributed by atoms with E-state index in [1.807, 2.05) is 17.3 Å². The topological polar surface area (TPSA) is 74.0 Å². The first kappa shape index (κ1) is 21.8. The quantitative estimate of drug-likeness (QED) is 0.693. The van der Waals surface area contributed by atoms with Crippen LogP contribution in [0, 0.1) is 5.41 Å². The van der Waals surface area contributed by atoms with Gasteiger partial charge in [-0.2, -0.15) is 10.2 Å². The van der Waals surface area contributed by atoms with Crippen molar-refractivity contribution in [3.8, 4) is 11.1 Å². The normalized spacial score (nSPS) is 25.4.